The molecule has 0 heterocycles. The fraction of sp³-hybridized carbons (Fsp3) is 0.914. The van der Waals surface area contributed by atoms with Crippen molar-refractivity contribution in [1.82, 2.24) is 5.32 Å². The minimum Gasteiger partial charge on any atom is -0.394 e. The molecule has 0 rings (SSSR count). The van der Waals surface area contributed by atoms with Gasteiger partial charge in [-0.05, 0) is 44.9 Å². The molecule has 368 valence electrons. The summed E-state index contributed by atoms with van der Waals surface area (Å²) in [5.41, 5.74) is 0. The lowest BCUT2D eigenvalue weighted by molar-refractivity contribution is -0.123. The third kappa shape index (κ3) is 49.9. The summed E-state index contributed by atoms with van der Waals surface area (Å²) >= 11 is 0. The number of amides is 1. The molecule has 0 fully saturated rings. The zero-order valence-corrected chi connectivity index (χ0v) is 42.4. The van der Waals surface area contributed by atoms with Crippen LogP contribution in [0.2, 0.25) is 0 Å². The number of aliphatic hydroxyl groups is 2. The van der Waals surface area contributed by atoms with Crippen molar-refractivity contribution in [3.63, 3.8) is 0 Å². The van der Waals surface area contributed by atoms with E-state index in [1.807, 2.05) is 6.08 Å². The first-order valence-electron chi connectivity index (χ1n) is 28.6. The van der Waals surface area contributed by atoms with Crippen LogP contribution in [0.4, 0.5) is 0 Å². The van der Waals surface area contributed by atoms with Gasteiger partial charge in [0.2, 0.25) is 5.91 Å². The molecule has 3 N–H and O–H groups in total. The Morgan fingerprint density at radius 3 is 0.887 bits per heavy atom. The summed E-state index contributed by atoms with van der Waals surface area (Å²) < 4.78 is 0. The number of rotatable bonds is 53. The smallest absolute Gasteiger partial charge is 0.220 e. The molecule has 4 heteroatoms. The molecule has 4 nitrogen and oxygen atoms in total. The maximum atomic E-state index is 12.4. The molecule has 0 aromatic heterocycles. The summed E-state index contributed by atoms with van der Waals surface area (Å²) in [5, 5.41) is 23.1. The van der Waals surface area contributed by atoms with Gasteiger partial charge < -0.3 is 15.5 Å². The molecular formula is C58H113NO3. The Hall–Kier alpha value is -1.13. The first kappa shape index (κ1) is 60.9. The van der Waals surface area contributed by atoms with Gasteiger partial charge in [0.05, 0.1) is 18.8 Å². The van der Waals surface area contributed by atoms with Gasteiger partial charge in [-0.15, -0.1) is 0 Å². The Kier molecular flexibility index (Phi) is 53.2. The number of hydrogen-bond acceptors (Lipinski definition) is 3. The zero-order valence-electron chi connectivity index (χ0n) is 42.4. The Morgan fingerprint density at radius 2 is 0.613 bits per heavy atom. The Balaban J connectivity index is 3.40. The van der Waals surface area contributed by atoms with Crippen LogP contribution >= 0.6 is 0 Å². The van der Waals surface area contributed by atoms with E-state index in [0.717, 1.165) is 25.7 Å². The summed E-state index contributed by atoms with van der Waals surface area (Å²) in [6.07, 6.45) is 72.1. The van der Waals surface area contributed by atoms with Gasteiger partial charge in [-0.1, -0.05) is 295 Å². The van der Waals surface area contributed by atoms with Crippen molar-refractivity contribution in [2.75, 3.05) is 6.61 Å². The number of allylic oxidation sites excluding steroid dienone is 3. The lowest BCUT2D eigenvalue weighted by atomic mass is 10.0. The Morgan fingerprint density at radius 1 is 0.371 bits per heavy atom. The average Bonchev–Trinajstić information content (AvgIpc) is 3.28. The van der Waals surface area contributed by atoms with Crippen LogP contribution < -0.4 is 5.32 Å². The number of nitrogens with one attached hydrogen (secondary N) is 1. The molecule has 0 saturated heterocycles. The molecule has 2 atom stereocenters. The summed E-state index contributed by atoms with van der Waals surface area (Å²) in [7, 11) is 0. The average molecular weight is 873 g/mol. The van der Waals surface area contributed by atoms with Crippen LogP contribution in [0.3, 0.4) is 0 Å². The van der Waals surface area contributed by atoms with Crippen molar-refractivity contribution < 1.29 is 15.0 Å². The maximum absolute atomic E-state index is 12.4. The van der Waals surface area contributed by atoms with Crippen molar-refractivity contribution in [1.29, 1.82) is 0 Å². The van der Waals surface area contributed by atoms with Crippen LogP contribution in [-0.2, 0) is 4.79 Å². The highest BCUT2D eigenvalue weighted by Gasteiger charge is 2.18. The predicted molar refractivity (Wildman–Crippen MR) is 276 cm³/mol. The molecule has 1 amide bonds. The van der Waals surface area contributed by atoms with Crippen molar-refractivity contribution in [3.8, 4) is 0 Å². The molecule has 62 heavy (non-hydrogen) atoms. The lowest BCUT2D eigenvalue weighted by Crippen LogP contribution is -2.45. The Bertz CT molecular complexity index is 901. The fourth-order valence-corrected chi connectivity index (χ4v) is 9.06. The summed E-state index contributed by atoms with van der Waals surface area (Å²) in [4.78, 5) is 12.4. The molecule has 0 aromatic rings. The van der Waals surface area contributed by atoms with Gasteiger partial charge in [-0.25, -0.2) is 0 Å². The van der Waals surface area contributed by atoms with E-state index in [4.69, 9.17) is 0 Å². The van der Waals surface area contributed by atoms with Gasteiger partial charge >= 0.3 is 0 Å². The second kappa shape index (κ2) is 54.2. The van der Waals surface area contributed by atoms with Crippen LogP contribution in [0.25, 0.3) is 0 Å². The quantitative estimate of drug-likeness (QED) is 0.0421. The number of aliphatic hydroxyl groups excluding tert-OH is 2. The molecule has 0 bridgehead atoms. The number of carbonyl (C=O) groups excluding carboxylic acids is 1. The van der Waals surface area contributed by atoms with E-state index < -0.39 is 12.1 Å². The number of hydrogen-bond donors (Lipinski definition) is 3. The van der Waals surface area contributed by atoms with Crippen molar-refractivity contribution in [2.45, 2.75) is 334 Å². The van der Waals surface area contributed by atoms with E-state index in [9.17, 15) is 15.0 Å². The fourth-order valence-electron chi connectivity index (χ4n) is 9.06. The summed E-state index contributed by atoms with van der Waals surface area (Å²) in [6.45, 7) is 4.34. The van der Waals surface area contributed by atoms with Crippen LogP contribution in [0.5, 0.6) is 0 Å². The van der Waals surface area contributed by atoms with Gasteiger partial charge in [-0.3, -0.25) is 4.79 Å². The van der Waals surface area contributed by atoms with Gasteiger partial charge in [0.25, 0.3) is 0 Å². The standard InChI is InChI=1S/C58H113NO3/c1-3-5-7-9-11-13-15-17-19-20-21-22-23-24-25-26-27-28-29-30-31-32-33-34-35-36-37-38-40-42-44-46-48-50-52-54-58(62)59-56(55-60)57(61)53-51-49-47-45-43-41-39-18-16-14-12-10-8-6-4-2/h26-27,51,53,56-57,60-61H,3-25,28-50,52,54-55H2,1-2H3,(H,59,62)/b27-26-,53-51+. The monoisotopic (exact) mass is 872 g/mol. The van der Waals surface area contributed by atoms with E-state index >= 15 is 0 Å². The molecule has 0 aromatic carbocycles. The highest BCUT2D eigenvalue weighted by atomic mass is 16.3. The SMILES string of the molecule is CCCCCCCCCCCCCCC/C=C/C(O)C(CO)NC(=O)CCCCCCCCCCCCCCCCCCC/C=C\CCCCCCCCCCCCCCCC. The van der Waals surface area contributed by atoms with Crippen molar-refractivity contribution in [3.05, 3.63) is 24.3 Å². The third-order valence-corrected chi connectivity index (χ3v) is 13.4. The van der Waals surface area contributed by atoms with E-state index in [-0.39, 0.29) is 12.5 Å². The summed E-state index contributed by atoms with van der Waals surface area (Å²) in [6, 6.07) is -0.619. The zero-order chi connectivity index (χ0) is 44.9. The van der Waals surface area contributed by atoms with Gasteiger partial charge in [0.15, 0.2) is 0 Å². The third-order valence-electron chi connectivity index (χ3n) is 13.4. The van der Waals surface area contributed by atoms with Crippen molar-refractivity contribution >= 4 is 5.91 Å². The number of unbranched alkanes of at least 4 members (excludes halogenated alkanes) is 44. The second-order valence-electron chi connectivity index (χ2n) is 19.7. The molecule has 2 unspecified atom stereocenters. The normalized spacial score (nSPS) is 12.9. The van der Waals surface area contributed by atoms with Gasteiger partial charge in [-0.2, -0.15) is 0 Å². The molecule has 0 saturated carbocycles. The van der Waals surface area contributed by atoms with Crippen LogP contribution in [0.15, 0.2) is 24.3 Å². The largest absolute Gasteiger partial charge is 0.394 e. The maximum Gasteiger partial charge on any atom is 0.220 e. The van der Waals surface area contributed by atoms with Crippen LogP contribution in [0, 0.1) is 0 Å². The molecule has 0 aliphatic carbocycles. The molecular weight excluding hydrogens is 759 g/mol. The van der Waals surface area contributed by atoms with E-state index in [1.165, 1.54) is 276 Å². The molecule has 0 aliphatic heterocycles. The van der Waals surface area contributed by atoms with Gasteiger partial charge in [0.1, 0.15) is 0 Å². The highest BCUT2D eigenvalue weighted by molar-refractivity contribution is 5.76. The predicted octanol–water partition coefficient (Wildman–Crippen LogP) is 18.7. The molecule has 0 aliphatic rings. The number of carbonyl (C=O) groups is 1. The minimum absolute atomic E-state index is 0.0586. The first-order valence-corrected chi connectivity index (χ1v) is 28.6. The lowest BCUT2D eigenvalue weighted by Gasteiger charge is -2.20. The van der Waals surface area contributed by atoms with Crippen LogP contribution in [-0.4, -0.2) is 34.9 Å². The van der Waals surface area contributed by atoms with Gasteiger partial charge in [0, 0.05) is 6.42 Å². The minimum atomic E-state index is -0.836. The Labute approximate surface area is 389 Å². The summed E-state index contributed by atoms with van der Waals surface area (Å²) in [5.74, 6) is -0.0586. The van der Waals surface area contributed by atoms with Crippen LogP contribution in [0.1, 0.15) is 322 Å². The second-order valence-corrected chi connectivity index (χ2v) is 19.7. The van der Waals surface area contributed by atoms with E-state index in [2.05, 4.69) is 31.3 Å². The van der Waals surface area contributed by atoms with E-state index in [1.54, 1.807) is 6.08 Å². The molecule has 0 spiro atoms. The molecule has 0 radical (unpaired) electrons. The van der Waals surface area contributed by atoms with Crippen molar-refractivity contribution in [2.24, 2.45) is 0 Å². The van der Waals surface area contributed by atoms with E-state index in [0.29, 0.717) is 6.42 Å². The topological polar surface area (TPSA) is 69.6 Å². The first-order chi connectivity index (χ1) is 30.7. The highest BCUT2D eigenvalue weighted by Crippen LogP contribution is 2.17.